The smallest absolute Gasteiger partial charge is 0.177 e. The monoisotopic (exact) mass is 412 g/mol. The molecule has 0 saturated carbocycles. The van der Waals surface area contributed by atoms with E-state index in [0.717, 1.165) is 57.4 Å². The van der Waals surface area contributed by atoms with Crippen LogP contribution < -0.4 is 5.32 Å². The second-order valence-corrected chi connectivity index (χ2v) is 8.16. The SMILES string of the molecule is c1ccc2c(NCc3cn(CCN4CCCC4)nn3)c3oc4ccccc4c3nc2c1. The second-order valence-electron chi connectivity index (χ2n) is 8.16. The Kier molecular flexibility index (Phi) is 4.53. The first-order valence-electron chi connectivity index (χ1n) is 10.9. The van der Waals surface area contributed by atoms with Gasteiger partial charge in [-0.3, -0.25) is 4.68 Å². The molecule has 6 rings (SSSR count). The van der Waals surface area contributed by atoms with Gasteiger partial charge in [0.2, 0.25) is 0 Å². The minimum atomic E-state index is 0.573. The molecule has 0 aliphatic carbocycles. The molecule has 1 fully saturated rings. The predicted molar refractivity (Wildman–Crippen MR) is 122 cm³/mol. The molecule has 156 valence electrons. The van der Waals surface area contributed by atoms with E-state index in [0.29, 0.717) is 6.54 Å². The minimum absolute atomic E-state index is 0.573. The molecular formula is C24H24N6O. The van der Waals surface area contributed by atoms with Crippen LogP contribution in [0.25, 0.3) is 33.0 Å². The van der Waals surface area contributed by atoms with Crippen LogP contribution in [0, 0.1) is 0 Å². The minimum Gasteiger partial charge on any atom is -0.452 e. The van der Waals surface area contributed by atoms with Gasteiger partial charge in [-0.2, -0.15) is 0 Å². The Morgan fingerprint density at radius 1 is 0.935 bits per heavy atom. The zero-order valence-corrected chi connectivity index (χ0v) is 17.3. The molecule has 1 N–H and O–H groups in total. The van der Waals surface area contributed by atoms with Crippen molar-refractivity contribution in [3.8, 4) is 0 Å². The number of para-hydroxylation sites is 2. The van der Waals surface area contributed by atoms with Gasteiger partial charge in [-0.1, -0.05) is 35.5 Å². The number of likely N-dealkylation sites (tertiary alicyclic amines) is 1. The van der Waals surface area contributed by atoms with Crippen LogP contribution in [-0.4, -0.2) is 44.5 Å². The first-order valence-corrected chi connectivity index (χ1v) is 10.9. The molecule has 31 heavy (non-hydrogen) atoms. The summed E-state index contributed by atoms with van der Waals surface area (Å²) < 4.78 is 8.15. The molecule has 0 bridgehead atoms. The molecule has 0 atom stereocenters. The fraction of sp³-hybridized carbons (Fsp3) is 0.292. The first-order chi connectivity index (χ1) is 15.3. The molecule has 4 heterocycles. The highest BCUT2D eigenvalue weighted by Crippen LogP contribution is 2.36. The molecule has 0 unspecified atom stereocenters. The first kappa shape index (κ1) is 18.3. The number of pyridine rings is 1. The number of hydrogen-bond acceptors (Lipinski definition) is 6. The Morgan fingerprint density at radius 3 is 2.65 bits per heavy atom. The van der Waals surface area contributed by atoms with Crippen LogP contribution in [0.4, 0.5) is 5.69 Å². The Balaban J connectivity index is 1.30. The molecule has 3 aromatic heterocycles. The van der Waals surface area contributed by atoms with Crippen molar-refractivity contribution < 1.29 is 4.42 Å². The van der Waals surface area contributed by atoms with Crippen molar-refractivity contribution in [1.29, 1.82) is 0 Å². The van der Waals surface area contributed by atoms with Crippen molar-refractivity contribution in [3.05, 3.63) is 60.4 Å². The van der Waals surface area contributed by atoms with Crippen LogP contribution >= 0.6 is 0 Å². The summed E-state index contributed by atoms with van der Waals surface area (Å²) >= 11 is 0. The normalized spacial score (nSPS) is 14.8. The molecular weight excluding hydrogens is 388 g/mol. The van der Waals surface area contributed by atoms with Crippen LogP contribution in [0.2, 0.25) is 0 Å². The topological polar surface area (TPSA) is 72.0 Å². The van der Waals surface area contributed by atoms with E-state index in [1.807, 2.05) is 47.3 Å². The average Bonchev–Trinajstić information content (AvgIpc) is 3.55. The highest BCUT2D eigenvalue weighted by molar-refractivity contribution is 6.13. The van der Waals surface area contributed by atoms with Crippen molar-refractivity contribution in [1.82, 2.24) is 24.9 Å². The van der Waals surface area contributed by atoms with Gasteiger partial charge in [-0.15, -0.1) is 5.10 Å². The maximum absolute atomic E-state index is 6.21. The number of hydrogen-bond donors (Lipinski definition) is 1. The standard InChI is InChI=1S/C24H24N6O/c1-3-9-20-18(7-1)22(24-23(26-20)19-8-2-4-10-21(19)31-24)25-15-17-16-30(28-27-17)14-13-29-11-5-6-12-29/h1-4,7-10,16H,5-6,11-15H2,(H,25,26). The number of fused-ring (bicyclic) bond motifs is 4. The zero-order valence-electron chi connectivity index (χ0n) is 17.3. The summed E-state index contributed by atoms with van der Waals surface area (Å²) in [6.45, 7) is 4.88. The van der Waals surface area contributed by atoms with Crippen LogP contribution in [0.3, 0.4) is 0 Å². The number of aromatic nitrogens is 4. The highest BCUT2D eigenvalue weighted by Gasteiger charge is 2.16. The van der Waals surface area contributed by atoms with E-state index in [4.69, 9.17) is 9.40 Å². The number of nitrogens with zero attached hydrogens (tertiary/aromatic N) is 5. The lowest BCUT2D eigenvalue weighted by molar-refractivity contribution is 0.314. The summed E-state index contributed by atoms with van der Waals surface area (Å²) in [7, 11) is 0. The lowest BCUT2D eigenvalue weighted by Gasteiger charge is -2.13. The number of rotatable bonds is 6. The van der Waals surface area contributed by atoms with Crippen molar-refractivity contribution in [3.63, 3.8) is 0 Å². The van der Waals surface area contributed by atoms with E-state index in [2.05, 4.69) is 32.7 Å². The molecule has 1 aliphatic rings. The van der Waals surface area contributed by atoms with Gasteiger partial charge in [0.25, 0.3) is 0 Å². The maximum atomic E-state index is 6.21. The third-order valence-electron chi connectivity index (χ3n) is 6.08. The van der Waals surface area contributed by atoms with E-state index < -0.39 is 0 Å². The van der Waals surface area contributed by atoms with Gasteiger partial charge in [0.15, 0.2) is 5.58 Å². The Labute approximate surface area is 179 Å². The number of nitrogens with one attached hydrogen (secondary N) is 1. The molecule has 1 aliphatic heterocycles. The Morgan fingerprint density at radius 2 is 1.74 bits per heavy atom. The Bertz CT molecular complexity index is 1360. The van der Waals surface area contributed by atoms with Crippen molar-refractivity contribution in [2.24, 2.45) is 0 Å². The fourth-order valence-corrected chi connectivity index (χ4v) is 4.47. The summed E-state index contributed by atoms with van der Waals surface area (Å²) in [4.78, 5) is 7.36. The quantitative estimate of drug-likeness (QED) is 0.445. The van der Waals surface area contributed by atoms with E-state index in [-0.39, 0.29) is 0 Å². The molecule has 0 spiro atoms. The van der Waals surface area contributed by atoms with E-state index in [1.165, 1.54) is 25.9 Å². The van der Waals surface area contributed by atoms with Gasteiger partial charge in [0, 0.05) is 17.3 Å². The van der Waals surface area contributed by atoms with Crippen molar-refractivity contribution in [2.45, 2.75) is 25.9 Å². The fourth-order valence-electron chi connectivity index (χ4n) is 4.47. The largest absolute Gasteiger partial charge is 0.452 e. The van der Waals surface area contributed by atoms with Gasteiger partial charge >= 0.3 is 0 Å². The van der Waals surface area contributed by atoms with Gasteiger partial charge in [0.05, 0.1) is 30.5 Å². The maximum Gasteiger partial charge on any atom is 0.177 e. The highest BCUT2D eigenvalue weighted by atomic mass is 16.3. The molecule has 0 radical (unpaired) electrons. The van der Waals surface area contributed by atoms with Crippen LogP contribution in [0.5, 0.6) is 0 Å². The molecule has 7 heteroatoms. The average molecular weight is 412 g/mol. The lowest BCUT2D eigenvalue weighted by atomic mass is 10.1. The van der Waals surface area contributed by atoms with Crippen molar-refractivity contribution >= 4 is 38.7 Å². The van der Waals surface area contributed by atoms with E-state index in [9.17, 15) is 0 Å². The third kappa shape index (κ3) is 3.41. The molecule has 2 aromatic carbocycles. The van der Waals surface area contributed by atoms with Gasteiger partial charge in [0.1, 0.15) is 16.8 Å². The summed E-state index contributed by atoms with van der Waals surface area (Å²) in [5.74, 6) is 0. The molecule has 0 amide bonds. The molecule has 7 nitrogen and oxygen atoms in total. The van der Waals surface area contributed by atoms with E-state index >= 15 is 0 Å². The molecule has 1 saturated heterocycles. The summed E-state index contributed by atoms with van der Waals surface area (Å²) in [6.07, 6.45) is 4.65. The zero-order chi connectivity index (χ0) is 20.6. The van der Waals surface area contributed by atoms with Crippen LogP contribution in [0.15, 0.2) is 59.1 Å². The van der Waals surface area contributed by atoms with Crippen LogP contribution in [-0.2, 0) is 13.1 Å². The predicted octanol–water partition coefficient (Wildman–Crippen LogP) is 4.43. The summed E-state index contributed by atoms with van der Waals surface area (Å²) in [6, 6.07) is 16.2. The van der Waals surface area contributed by atoms with Gasteiger partial charge < -0.3 is 14.6 Å². The lowest BCUT2D eigenvalue weighted by Crippen LogP contribution is -2.24. The number of furan rings is 1. The van der Waals surface area contributed by atoms with Crippen molar-refractivity contribution in [2.75, 3.05) is 25.0 Å². The second kappa shape index (κ2) is 7.67. The molecule has 5 aromatic rings. The van der Waals surface area contributed by atoms with E-state index in [1.54, 1.807) is 0 Å². The Hall–Kier alpha value is -3.45. The third-order valence-corrected chi connectivity index (χ3v) is 6.08. The van der Waals surface area contributed by atoms with Crippen LogP contribution in [0.1, 0.15) is 18.5 Å². The summed E-state index contributed by atoms with van der Waals surface area (Å²) in [5.41, 5.74) is 5.30. The number of anilines is 1. The number of benzene rings is 2. The van der Waals surface area contributed by atoms with Gasteiger partial charge in [-0.05, 0) is 44.1 Å². The summed E-state index contributed by atoms with van der Waals surface area (Å²) in [5, 5.41) is 14.3. The van der Waals surface area contributed by atoms with Gasteiger partial charge in [-0.25, -0.2) is 4.98 Å².